The molecule has 4 aromatic rings. The molecule has 2 heterocycles. The molecule has 0 bridgehead atoms. The van der Waals surface area contributed by atoms with Gasteiger partial charge in [0.2, 0.25) is 0 Å². The smallest absolute Gasteiger partial charge is 0.343 e. The van der Waals surface area contributed by atoms with Crippen molar-refractivity contribution in [2.24, 2.45) is 0 Å². The van der Waals surface area contributed by atoms with Gasteiger partial charge in [0.15, 0.2) is 23.7 Å². The molecule has 6 rings (SSSR count). The van der Waals surface area contributed by atoms with Crippen LogP contribution >= 0.6 is 23.2 Å². The minimum Gasteiger partial charge on any atom is -0.507 e. The number of cyclic esters (lactones) is 2. The van der Waals surface area contributed by atoms with E-state index in [-0.39, 0.29) is 40.9 Å². The van der Waals surface area contributed by atoms with Crippen LogP contribution in [-0.2, 0) is 56.1 Å². The van der Waals surface area contributed by atoms with Crippen LogP contribution in [0.3, 0.4) is 0 Å². The Morgan fingerprint density at radius 1 is 0.643 bits per heavy atom. The molecule has 0 aromatic heterocycles. The number of esters is 5. The quantitative estimate of drug-likeness (QED) is 0.0951. The van der Waals surface area contributed by atoms with Crippen LogP contribution in [0.25, 0.3) is 11.1 Å². The molecule has 0 saturated carbocycles. The number of halogens is 2. The Labute approximate surface area is 332 Å². The average molecular weight is 806 g/mol. The molecule has 0 saturated heterocycles. The van der Waals surface area contributed by atoms with E-state index >= 15 is 0 Å². The second-order valence-electron chi connectivity index (χ2n) is 12.4. The summed E-state index contributed by atoms with van der Waals surface area (Å²) in [6.07, 6.45) is -1.71. The standard InChI is InChI=1S/C20H17ClO5.C18H15ClO4.C4H6O3/c1-11-8-14(10-22)16(15(21)9-11)17-19(25-12(2)23)18(26-20(17)24)13-6-4-3-5-7-13;1-10-7-12(9-20)14(13(19)8-10)15-16(21)17(23-18(15)22)11-5-3-2-4-6-11;1-3(5)7-4(2)6/h3-9,18,22H,10H2,1-2H3;2-8,17,20-21H,9H2,1H3;1-2H3. The van der Waals surface area contributed by atoms with Crippen molar-refractivity contribution in [2.75, 3.05) is 0 Å². The Balaban J connectivity index is 0.000000214. The summed E-state index contributed by atoms with van der Waals surface area (Å²) in [5.74, 6) is -3.13. The van der Waals surface area contributed by atoms with Crippen LogP contribution in [0.15, 0.2) is 96.4 Å². The highest BCUT2D eigenvalue weighted by Gasteiger charge is 2.41. The lowest BCUT2D eigenvalue weighted by molar-refractivity contribution is -0.156. The summed E-state index contributed by atoms with van der Waals surface area (Å²) in [4.78, 5) is 56.2. The second kappa shape index (κ2) is 19.2. The predicted octanol–water partition coefficient (Wildman–Crippen LogP) is 7.52. The van der Waals surface area contributed by atoms with Crippen molar-refractivity contribution in [1.29, 1.82) is 0 Å². The van der Waals surface area contributed by atoms with Crippen molar-refractivity contribution in [2.45, 2.75) is 60.0 Å². The molecule has 2 aliphatic heterocycles. The van der Waals surface area contributed by atoms with Gasteiger partial charge in [0.25, 0.3) is 0 Å². The number of hydrogen-bond donors (Lipinski definition) is 3. The molecular weight excluding hydrogens is 767 g/mol. The number of aliphatic hydroxyl groups is 3. The first kappa shape index (κ1) is 42.9. The maximum Gasteiger partial charge on any atom is 0.343 e. The van der Waals surface area contributed by atoms with Crippen molar-refractivity contribution in [3.05, 3.63) is 151 Å². The predicted molar refractivity (Wildman–Crippen MR) is 205 cm³/mol. The van der Waals surface area contributed by atoms with Gasteiger partial charge in [-0.2, -0.15) is 0 Å². The molecule has 0 radical (unpaired) electrons. The number of ether oxygens (including phenoxy) is 4. The Bertz CT molecular complexity index is 2200. The molecule has 292 valence electrons. The lowest BCUT2D eigenvalue weighted by atomic mass is 9.96. The topological polar surface area (TPSA) is 183 Å². The molecule has 0 aliphatic carbocycles. The van der Waals surface area contributed by atoms with Gasteiger partial charge in [0.05, 0.1) is 13.2 Å². The van der Waals surface area contributed by atoms with Crippen molar-refractivity contribution < 1.29 is 58.2 Å². The molecule has 3 N–H and O–H groups in total. The van der Waals surface area contributed by atoms with Crippen LogP contribution in [0.1, 0.15) is 77.5 Å². The zero-order chi connectivity index (χ0) is 41.3. The molecule has 0 amide bonds. The monoisotopic (exact) mass is 804 g/mol. The molecule has 14 heteroatoms. The van der Waals surface area contributed by atoms with E-state index in [2.05, 4.69) is 4.74 Å². The fourth-order valence-electron chi connectivity index (χ4n) is 5.96. The van der Waals surface area contributed by atoms with Gasteiger partial charge in [-0.25, -0.2) is 9.59 Å². The Hall–Kier alpha value is -5.79. The SMILES string of the molecule is CC(=O)OC(C)=O.CC(=O)OC1=C(c2c(Cl)cc(C)cc2CO)C(=O)OC1c1ccccc1.Cc1cc(Cl)c(C2=C(O)C(c3ccccc3)OC2=O)c(CO)c1. The van der Waals surface area contributed by atoms with E-state index in [1.54, 1.807) is 72.8 Å². The van der Waals surface area contributed by atoms with Gasteiger partial charge in [-0.3, -0.25) is 14.4 Å². The summed E-state index contributed by atoms with van der Waals surface area (Å²) in [7, 11) is 0. The highest BCUT2D eigenvalue weighted by molar-refractivity contribution is 6.36. The Kier molecular flexibility index (Phi) is 14.7. The zero-order valence-corrected chi connectivity index (χ0v) is 32.4. The van der Waals surface area contributed by atoms with Crippen LogP contribution in [0.5, 0.6) is 0 Å². The summed E-state index contributed by atoms with van der Waals surface area (Å²) in [5.41, 5.74) is 4.67. The summed E-state index contributed by atoms with van der Waals surface area (Å²) < 4.78 is 20.1. The van der Waals surface area contributed by atoms with Gasteiger partial charge in [-0.05, 0) is 48.2 Å². The lowest BCUT2D eigenvalue weighted by Gasteiger charge is -2.14. The van der Waals surface area contributed by atoms with Crippen molar-refractivity contribution >= 4 is 64.2 Å². The van der Waals surface area contributed by atoms with E-state index in [9.17, 15) is 39.3 Å². The molecule has 2 aliphatic rings. The second-order valence-corrected chi connectivity index (χ2v) is 13.3. The Morgan fingerprint density at radius 2 is 1.05 bits per heavy atom. The van der Waals surface area contributed by atoms with E-state index in [1.807, 2.05) is 26.0 Å². The largest absolute Gasteiger partial charge is 0.507 e. The molecule has 12 nitrogen and oxygen atoms in total. The van der Waals surface area contributed by atoms with E-state index in [1.165, 1.54) is 20.8 Å². The van der Waals surface area contributed by atoms with Gasteiger partial charge in [0, 0.05) is 53.1 Å². The minimum atomic E-state index is -0.859. The first-order chi connectivity index (χ1) is 26.6. The maximum atomic E-state index is 12.6. The number of rotatable bonds is 7. The molecular formula is C42H38Cl2O12. The summed E-state index contributed by atoms with van der Waals surface area (Å²) in [6.45, 7) is 6.66. The Morgan fingerprint density at radius 3 is 1.46 bits per heavy atom. The molecule has 0 fully saturated rings. The number of aliphatic hydroxyl groups excluding tert-OH is 3. The first-order valence-corrected chi connectivity index (χ1v) is 17.7. The van der Waals surface area contributed by atoms with Crippen molar-refractivity contribution in [1.82, 2.24) is 0 Å². The summed E-state index contributed by atoms with van der Waals surface area (Å²) >= 11 is 12.6. The minimum absolute atomic E-state index is 0.00732. The van der Waals surface area contributed by atoms with Gasteiger partial charge >= 0.3 is 29.8 Å². The van der Waals surface area contributed by atoms with Crippen molar-refractivity contribution in [3.63, 3.8) is 0 Å². The number of carbonyl (C=O) groups excluding carboxylic acids is 5. The van der Waals surface area contributed by atoms with Crippen LogP contribution in [0, 0.1) is 13.8 Å². The molecule has 4 aromatic carbocycles. The average Bonchev–Trinajstić information content (AvgIpc) is 3.61. The first-order valence-electron chi connectivity index (χ1n) is 16.9. The van der Waals surface area contributed by atoms with E-state index < -0.39 is 42.1 Å². The van der Waals surface area contributed by atoms with Gasteiger partial charge in [-0.15, -0.1) is 0 Å². The lowest BCUT2D eigenvalue weighted by Crippen LogP contribution is -2.08. The molecule has 0 spiro atoms. The third-order valence-electron chi connectivity index (χ3n) is 8.07. The normalized spacial score (nSPS) is 15.9. The fourth-order valence-corrected chi connectivity index (χ4v) is 6.74. The third-order valence-corrected chi connectivity index (χ3v) is 8.66. The van der Waals surface area contributed by atoms with E-state index in [0.717, 1.165) is 11.1 Å². The number of carbonyl (C=O) groups is 5. The van der Waals surface area contributed by atoms with Crippen molar-refractivity contribution in [3.8, 4) is 0 Å². The highest BCUT2D eigenvalue weighted by Crippen LogP contribution is 2.44. The van der Waals surface area contributed by atoms with E-state index in [0.29, 0.717) is 38.4 Å². The van der Waals surface area contributed by atoms with Gasteiger partial charge in [-0.1, -0.05) is 96.0 Å². The zero-order valence-electron chi connectivity index (χ0n) is 30.9. The van der Waals surface area contributed by atoms with Crippen LogP contribution in [0.4, 0.5) is 0 Å². The third kappa shape index (κ3) is 10.3. The maximum absolute atomic E-state index is 12.6. The van der Waals surface area contributed by atoms with Gasteiger partial charge < -0.3 is 34.3 Å². The summed E-state index contributed by atoms with van der Waals surface area (Å²) in [5, 5.41) is 30.4. The fraction of sp³-hybridized carbons (Fsp3) is 0.214. The van der Waals surface area contributed by atoms with E-state index in [4.69, 9.17) is 37.4 Å². The van der Waals surface area contributed by atoms with Gasteiger partial charge in [0.1, 0.15) is 11.1 Å². The van der Waals surface area contributed by atoms with Crippen LogP contribution in [-0.4, -0.2) is 45.2 Å². The summed E-state index contributed by atoms with van der Waals surface area (Å²) in [6, 6.07) is 24.7. The molecule has 56 heavy (non-hydrogen) atoms. The highest BCUT2D eigenvalue weighted by atomic mass is 35.5. The number of benzene rings is 4. The number of hydrogen-bond acceptors (Lipinski definition) is 12. The molecule has 2 unspecified atom stereocenters. The van der Waals surface area contributed by atoms with Crippen LogP contribution in [0.2, 0.25) is 10.0 Å². The number of aryl methyl sites for hydroxylation is 2. The van der Waals surface area contributed by atoms with Crippen LogP contribution < -0.4 is 0 Å². The molecule has 2 atom stereocenters.